The SMILES string of the molecule is CC(C)[C@@H]1COC(C)(C)OC[C@H]1O. The van der Waals surface area contributed by atoms with Gasteiger partial charge >= 0.3 is 0 Å². The summed E-state index contributed by atoms with van der Waals surface area (Å²) in [7, 11) is 0. The van der Waals surface area contributed by atoms with Gasteiger partial charge in [0.2, 0.25) is 0 Å². The van der Waals surface area contributed by atoms with Gasteiger partial charge in [0.25, 0.3) is 0 Å². The molecule has 1 aliphatic heterocycles. The van der Waals surface area contributed by atoms with E-state index in [9.17, 15) is 5.11 Å². The van der Waals surface area contributed by atoms with Crippen LogP contribution in [-0.2, 0) is 9.47 Å². The summed E-state index contributed by atoms with van der Waals surface area (Å²) in [5, 5.41) is 9.75. The second-order valence-corrected chi connectivity index (χ2v) is 4.50. The number of rotatable bonds is 1. The summed E-state index contributed by atoms with van der Waals surface area (Å²) in [4.78, 5) is 0. The zero-order chi connectivity index (χ0) is 10.1. The van der Waals surface area contributed by atoms with Gasteiger partial charge in [0, 0.05) is 5.92 Å². The van der Waals surface area contributed by atoms with Crippen LogP contribution < -0.4 is 0 Å². The highest BCUT2D eigenvalue weighted by Crippen LogP contribution is 2.25. The Hall–Kier alpha value is -0.120. The molecule has 78 valence electrons. The molecule has 1 N–H and O–H groups in total. The fourth-order valence-electron chi connectivity index (χ4n) is 1.50. The van der Waals surface area contributed by atoms with Crippen LogP contribution in [0.1, 0.15) is 27.7 Å². The Bertz CT molecular complexity index is 166. The molecule has 0 amide bonds. The van der Waals surface area contributed by atoms with Crippen LogP contribution >= 0.6 is 0 Å². The molecule has 13 heavy (non-hydrogen) atoms. The number of ether oxygens (including phenoxy) is 2. The van der Waals surface area contributed by atoms with Gasteiger partial charge in [0.15, 0.2) is 5.79 Å². The first-order valence-electron chi connectivity index (χ1n) is 4.88. The molecule has 0 bridgehead atoms. The predicted octanol–water partition coefficient (Wildman–Crippen LogP) is 1.40. The monoisotopic (exact) mass is 188 g/mol. The largest absolute Gasteiger partial charge is 0.390 e. The van der Waals surface area contributed by atoms with Gasteiger partial charge in [-0.3, -0.25) is 0 Å². The van der Waals surface area contributed by atoms with E-state index < -0.39 is 11.9 Å². The normalized spacial score (nSPS) is 34.6. The molecule has 0 saturated carbocycles. The standard InChI is InChI=1S/C10H20O3/c1-7(2)8-5-12-10(3,4)13-6-9(8)11/h7-9,11H,5-6H2,1-4H3/t8-,9+/m0/s1. The predicted molar refractivity (Wildman–Crippen MR) is 50.3 cm³/mol. The average Bonchev–Trinajstić information content (AvgIpc) is 2.11. The van der Waals surface area contributed by atoms with Crippen molar-refractivity contribution in [3.8, 4) is 0 Å². The topological polar surface area (TPSA) is 38.7 Å². The van der Waals surface area contributed by atoms with Crippen molar-refractivity contribution in [3.63, 3.8) is 0 Å². The molecule has 0 aromatic carbocycles. The Morgan fingerprint density at radius 1 is 1.23 bits per heavy atom. The summed E-state index contributed by atoms with van der Waals surface area (Å²) < 4.78 is 11.0. The third-order valence-corrected chi connectivity index (χ3v) is 2.58. The number of hydrogen-bond donors (Lipinski definition) is 1. The average molecular weight is 188 g/mol. The van der Waals surface area contributed by atoms with Gasteiger partial charge < -0.3 is 14.6 Å². The Morgan fingerprint density at radius 3 is 2.31 bits per heavy atom. The minimum atomic E-state index is -0.551. The van der Waals surface area contributed by atoms with Gasteiger partial charge in [-0.05, 0) is 19.8 Å². The Kier molecular flexibility index (Phi) is 3.33. The molecule has 1 heterocycles. The van der Waals surface area contributed by atoms with E-state index in [-0.39, 0.29) is 5.92 Å². The summed E-state index contributed by atoms with van der Waals surface area (Å²) in [5.41, 5.74) is 0. The highest BCUT2D eigenvalue weighted by molar-refractivity contribution is 4.75. The summed E-state index contributed by atoms with van der Waals surface area (Å²) >= 11 is 0. The smallest absolute Gasteiger partial charge is 0.162 e. The summed E-state index contributed by atoms with van der Waals surface area (Å²) in [6.07, 6.45) is -0.401. The Labute approximate surface area is 80.0 Å². The van der Waals surface area contributed by atoms with Crippen LogP contribution in [0.4, 0.5) is 0 Å². The highest BCUT2D eigenvalue weighted by Gasteiger charge is 2.32. The Morgan fingerprint density at radius 2 is 1.77 bits per heavy atom. The van der Waals surface area contributed by atoms with E-state index in [1.165, 1.54) is 0 Å². The molecule has 1 rings (SSSR count). The van der Waals surface area contributed by atoms with Crippen molar-refractivity contribution in [1.82, 2.24) is 0 Å². The van der Waals surface area contributed by atoms with Crippen molar-refractivity contribution in [2.45, 2.75) is 39.6 Å². The molecule has 1 saturated heterocycles. The van der Waals surface area contributed by atoms with Gasteiger partial charge in [0.05, 0.1) is 19.3 Å². The van der Waals surface area contributed by atoms with E-state index in [1.54, 1.807) is 0 Å². The summed E-state index contributed by atoms with van der Waals surface area (Å²) in [6.45, 7) is 8.89. The van der Waals surface area contributed by atoms with E-state index in [2.05, 4.69) is 13.8 Å². The molecule has 1 fully saturated rings. The molecule has 0 radical (unpaired) electrons. The lowest BCUT2D eigenvalue weighted by Crippen LogP contribution is -2.30. The Balaban J connectivity index is 2.60. The lowest BCUT2D eigenvalue weighted by molar-refractivity contribution is -0.204. The summed E-state index contributed by atoms with van der Waals surface area (Å²) in [5.74, 6) is 0.0548. The maximum atomic E-state index is 9.75. The first-order chi connectivity index (χ1) is 5.92. The minimum Gasteiger partial charge on any atom is -0.390 e. The lowest BCUT2D eigenvalue weighted by atomic mass is 9.91. The van der Waals surface area contributed by atoms with E-state index in [4.69, 9.17) is 9.47 Å². The molecule has 2 atom stereocenters. The molecule has 1 aliphatic rings. The second-order valence-electron chi connectivity index (χ2n) is 4.50. The summed E-state index contributed by atoms with van der Waals surface area (Å²) in [6, 6.07) is 0. The third kappa shape index (κ3) is 2.93. The van der Waals surface area contributed by atoms with Crippen molar-refractivity contribution in [1.29, 1.82) is 0 Å². The van der Waals surface area contributed by atoms with Crippen LogP contribution in [0.5, 0.6) is 0 Å². The quantitative estimate of drug-likeness (QED) is 0.676. The van der Waals surface area contributed by atoms with Crippen LogP contribution in [-0.4, -0.2) is 30.2 Å². The molecule has 3 nitrogen and oxygen atoms in total. The van der Waals surface area contributed by atoms with Crippen LogP contribution in [0.3, 0.4) is 0 Å². The van der Waals surface area contributed by atoms with Crippen molar-refractivity contribution >= 4 is 0 Å². The van der Waals surface area contributed by atoms with Crippen molar-refractivity contribution in [2.75, 3.05) is 13.2 Å². The molecule has 0 spiro atoms. The van der Waals surface area contributed by atoms with Crippen LogP contribution in [0.25, 0.3) is 0 Å². The molecule has 0 aromatic rings. The molecule has 0 aromatic heterocycles. The van der Waals surface area contributed by atoms with E-state index >= 15 is 0 Å². The van der Waals surface area contributed by atoms with E-state index in [1.807, 2.05) is 13.8 Å². The maximum absolute atomic E-state index is 9.75. The van der Waals surface area contributed by atoms with Gasteiger partial charge in [-0.2, -0.15) is 0 Å². The fourth-order valence-corrected chi connectivity index (χ4v) is 1.50. The van der Waals surface area contributed by atoms with Crippen LogP contribution in [0.15, 0.2) is 0 Å². The number of hydrogen-bond acceptors (Lipinski definition) is 3. The molecular formula is C10H20O3. The highest BCUT2D eigenvalue weighted by atomic mass is 16.7. The zero-order valence-corrected chi connectivity index (χ0v) is 8.91. The lowest BCUT2D eigenvalue weighted by Gasteiger charge is -2.23. The van der Waals surface area contributed by atoms with Gasteiger partial charge in [0.1, 0.15) is 0 Å². The zero-order valence-electron chi connectivity index (χ0n) is 8.91. The van der Waals surface area contributed by atoms with Crippen molar-refractivity contribution in [2.24, 2.45) is 11.8 Å². The third-order valence-electron chi connectivity index (χ3n) is 2.58. The van der Waals surface area contributed by atoms with Gasteiger partial charge in [-0.15, -0.1) is 0 Å². The molecule has 0 aliphatic carbocycles. The van der Waals surface area contributed by atoms with Crippen molar-refractivity contribution < 1.29 is 14.6 Å². The second kappa shape index (κ2) is 3.95. The number of aliphatic hydroxyl groups is 1. The van der Waals surface area contributed by atoms with E-state index in [0.29, 0.717) is 19.1 Å². The van der Waals surface area contributed by atoms with Gasteiger partial charge in [-0.25, -0.2) is 0 Å². The maximum Gasteiger partial charge on any atom is 0.162 e. The molecule has 0 unspecified atom stereocenters. The first kappa shape index (κ1) is 11.0. The van der Waals surface area contributed by atoms with Crippen LogP contribution in [0, 0.1) is 11.8 Å². The van der Waals surface area contributed by atoms with Crippen molar-refractivity contribution in [3.05, 3.63) is 0 Å². The first-order valence-corrected chi connectivity index (χ1v) is 4.88. The fraction of sp³-hybridized carbons (Fsp3) is 1.00. The minimum absolute atomic E-state index is 0.182. The molecular weight excluding hydrogens is 168 g/mol. The number of aliphatic hydroxyl groups excluding tert-OH is 1. The molecule has 3 heteroatoms. The van der Waals surface area contributed by atoms with E-state index in [0.717, 1.165) is 0 Å². The van der Waals surface area contributed by atoms with Gasteiger partial charge in [-0.1, -0.05) is 13.8 Å². The van der Waals surface area contributed by atoms with Crippen LogP contribution in [0.2, 0.25) is 0 Å².